The summed E-state index contributed by atoms with van der Waals surface area (Å²) >= 11 is 0. The Hall–Kier alpha value is -1.96. The number of hydrogen-bond acceptors (Lipinski definition) is 0. The largest absolute Gasteiger partial charge is 0.207 e. The SMILES string of the molecule is Fc1ccc2cc3ccccc3c(F)c2c1. The zero-order valence-corrected chi connectivity index (χ0v) is 8.37. The van der Waals surface area contributed by atoms with Crippen molar-refractivity contribution in [3.63, 3.8) is 0 Å². The third-order valence-electron chi connectivity index (χ3n) is 2.76. The molecule has 3 aromatic rings. The maximum absolute atomic E-state index is 14.1. The first-order valence-electron chi connectivity index (χ1n) is 5.02. The topological polar surface area (TPSA) is 0 Å². The van der Waals surface area contributed by atoms with E-state index in [1.807, 2.05) is 18.2 Å². The highest BCUT2D eigenvalue weighted by molar-refractivity contribution is 5.98. The smallest absolute Gasteiger partial charge is 0.138 e. The molecule has 0 unspecified atom stereocenters. The predicted molar refractivity (Wildman–Crippen MR) is 61.4 cm³/mol. The summed E-state index contributed by atoms with van der Waals surface area (Å²) < 4.78 is 27.1. The molecule has 0 heterocycles. The maximum atomic E-state index is 14.1. The molecule has 0 atom stereocenters. The lowest BCUT2D eigenvalue weighted by atomic mass is 10.0. The summed E-state index contributed by atoms with van der Waals surface area (Å²) in [6, 6.07) is 13.2. The fourth-order valence-corrected chi connectivity index (χ4v) is 1.98. The maximum Gasteiger partial charge on any atom is 0.138 e. The van der Waals surface area contributed by atoms with Gasteiger partial charge in [-0.2, -0.15) is 0 Å². The van der Waals surface area contributed by atoms with Crippen molar-refractivity contribution in [3.8, 4) is 0 Å². The molecular formula is C14H8F2. The van der Waals surface area contributed by atoms with E-state index in [9.17, 15) is 8.78 Å². The summed E-state index contributed by atoms with van der Waals surface area (Å²) in [5, 5.41) is 2.41. The second kappa shape index (κ2) is 3.27. The molecular weight excluding hydrogens is 206 g/mol. The van der Waals surface area contributed by atoms with Gasteiger partial charge in [0.15, 0.2) is 0 Å². The molecule has 0 radical (unpaired) electrons. The second-order valence-electron chi connectivity index (χ2n) is 3.78. The Kier molecular flexibility index (Phi) is 1.90. The Bertz CT molecular complexity index is 687. The fraction of sp³-hybridized carbons (Fsp3) is 0. The van der Waals surface area contributed by atoms with Crippen LogP contribution in [0, 0.1) is 11.6 Å². The molecule has 0 nitrogen and oxygen atoms in total. The predicted octanol–water partition coefficient (Wildman–Crippen LogP) is 4.27. The standard InChI is InChI=1S/C14H8F2/c15-11-6-5-10-7-9-3-1-2-4-12(9)14(16)13(10)8-11/h1-8H. The molecule has 0 aliphatic carbocycles. The lowest BCUT2D eigenvalue weighted by Gasteiger charge is -2.04. The lowest BCUT2D eigenvalue weighted by Crippen LogP contribution is -1.85. The lowest BCUT2D eigenvalue weighted by molar-refractivity contribution is 0.624. The van der Waals surface area contributed by atoms with Crippen LogP contribution >= 0.6 is 0 Å². The first-order valence-corrected chi connectivity index (χ1v) is 5.02. The summed E-state index contributed by atoms with van der Waals surface area (Å²) in [7, 11) is 0. The molecule has 0 aliphatic heterocycles. The molecule has 0 saturated carbocycles. The van der Waals surface area contributed by atoms with Crippen molar-refractivity contribution in [2.24, 2.45) is 0 Å². The van der Waals surface area contributed by atoms with Crippen LogP contribution in [0.15, 0.2) is 48.5 Å². The zero-order chi connectivity index (χ0) is 11.1. The number of hydrogen-bond donors (Lipinski definition) is 0. The summed E-state index contributed by atoms with van der Waals surface area (Å²) in [5.41, 5.74) is 0. The molecule has 0 N–H and O–H groups in total. The van der Waals surface area contributed by atoms with Crippen molar-refractivity contribution in [1.82, 2.24) is 0 Å². The molecule has 0 spiro atoms. The third-order valence-corrected chi connectivity index (χ3v) is 2.76. The quantitative estimate of drug-likeness (QED) is 0.490. The van der Waals surface area contributed by atoms with Crippen molar-refractivity contribution in [3.05, 3.63) is 60.2 Å². The van der Waals surface area contributed by atoms with Gasteiger partial charge in [0.05, 0.1) is 0 Å². The number of rotatable bonds is 0. The molecule has 16 heavy (non-hydrogen) atoms. The van der Waals surface area contributed by atoms with Crippen molar-refractivity contribution in [1.29, 1.82) is 0 Å². The van der Waals surface area contributed by atoms with E-state index in [4.69, 9.17) is 0 Å². The van der Waals surface area contributed by atoms with Crippen LogP contribution in [-0.2, 0) is 0 Å². The molecule has 0 aliphatic rings. The molecule has 0 aromatic heterocycles. The minimum absolute atomic E-state index is 0.332. The summed E-state index contributed by atoms with van der Waals surface area (Å²) in [5.74, 6) is -0.769. The van der Waals surface area contributed by atoms with Crippen LogP contribution in [0.3, 0.4) is 0 Å². The van der Waals surface area contributed by atoms with Gasteiger partial charge in [0.1, 0.15) is 11.6 Å². The van der Waals surface area contributed by atoms with E-state index >= 15 is 0 Å². The van der Waals surface area contributed by atoms with E-state index < -0.39 is 5.82 Å². The van der Waals surface area contributed by atoms with E-state index in [-0.39, 0.29) is 5.82 Å². The van der Waals surface area contributed by atoms with Gasteiger partial charge in [-0.3, -0.25) is 0 Å². The van der Waals surface area contributed by atoms with Crippen LogP contribution in [0.1, 0.15) is 0 Å². The van der Waals surface area contributed by atoms with Gasteiger partial charge in [0.2, 0.25) is 0 Å². The highest BCUT2D eigenvalue weighted by Crippen LogP contribution is 2.27. The Balaban J connectivity index is 2.56. The monoisotopic (exact) mass is 214 g/mol. The van der Waals surface area contributed by atoms with Gasteiger partial charge < -0.3 is 0 Å². The van der Waals surface area contributed by atoms with Gasteiger partial charge in [-0.15, -0.1) is 0 Å². The minimum atomic E-state index is -0.415. The summed E-state index contributed by atoms with van der Waals surface area (Å²) in [6.45, 7) is 0. The van der Waals surface area contributed by atoms with Crippen molar-refractivity contribution in [2.45, 2.75) is 0 Å². The molecule has 0 amide bonds. The highest BCUT2D eigenvalue weighted by atomic mass is 19.1. The van der Waals surface area contributed by atoms with Crippen LogP contribution in [0.25, 0.3) is 21.5 Å². The van der Waals surface area contributed by atoms with E-state index in [1.165, 1.54) is 12.1 Å². The van der Waals surface area contributed by atoms with Crippen LogP contribution in [0.2, 0.25) is 0 Å². The van der Waals surface area contributed by atoms with Crippen LogP contribution in [0.5, 0.6) is 0 Å². The second-order valence-corrected chi connectivity index (χ2v) is 3.78. The first kappa shape index (κ1) is 9.28. The molecule has 0 saturated heterocycles. The normalized spacial score (nSPS) is 11.1. The van der Waals surface area contributed by atoms with Crippen molar-refractivity contribution >= 4 is 21.5 Å². The van der Waals surface area contributed by atoms with E-state index in [0.717, 1.165) is 10.8 Å². The Morgan fingerprint density at radius 1 is 0.688 bits per heavy atom. The number of fused-ring (bicyclic) bond motifs is 2. The van der Waals surface area contributed by atoms with Gasteiger partial charge in [-0.1, -0.05) is 30.3 Å². The van der Waals surface area contributed by atoms with Crippen LogP contribution < -0.4 is 0 Å². The minimum Gasteiger partial charge on any atom is -0.207 e. The average molecular weight is 214 g/mol. The first-order chi connectivity index (χ1) is 7.75. The average Bonchev–Trinajstić information content (AvgIpc) is 2.31. The summed E-state index contributed by atoms with van der Waals surface area (Å²) in [6.07, 6.45) is 0. The van der Waals surface area contributed by atoms with Gasteiger partial charge in [0, 0.05) is 10.8 Å². The Morgan fingerprint density at radius 2 is 1.44 bits per heavy atom. The third kappa shape index (κ3) is 1.27. The van der Waals surface area contributed by atoms with E-state index in [1.54, 1.807) is 18.2 Å². The van der Waals surface area contributed by atoms with Gasteiger partial charge in [0.25, 0.3) is 0 Å². The van der Waals surface area contributed by atoms with E-state index in [2.05, 4.69) is 0 Å². The molecule has 0 bridgehead atoms. The summed E-state index contributed by atoms with van der Waals surface area (Å²) in [4.78, 5) is 0. The number of benzene rings is 3. The van der Waals surface area contributed by atoms with Gasteiger partial charge in [-0.25, -0.2) is 8.78 Å². The molecule has 2 heteroatoms. The zero-order valence-electron chi connectivity index (χ0n) is 8.37. The van der Waals surface area contributed by atoms with Crippen molar-refractivity contribution < 1.29 is 8.78 Å². The fourth-order valence-electron chi connectivity index (χ4n) is 1.98. The molecule has 3 aromatic carbocycles. The van der Waals surface area contributed by atoms with Gasteiger partial charge >= 0.3 is 0 Å². The van der Waals surface area contributed by atoms with Crippen LogP contribution in [0.4, 0.5) is 8.78 Å². The van der Waals surface area contributed by atoms with E-state index in [0.29, 0.717) is 10.8 Å². The van der Waals surface area contributed by atoms with Gasteiger partial charge in [-0.05, 0) is 29.0 Å². The Morgan fingerprint density at radius 3 is 2.31 bits per heavy atom. The number of halogens is 2. The highest BCUT2D eigenvalue weighted by Gasteiger charge is 2.07. The molecule has 3 rings (SSSR count). The molecule has 78 valence electrons. The molecule has 0 fully saturated rings. The van der Waals surface area contributed by atoms with Crippen molar-refractivity contribution in [2.75, 3.05) is 0 Å². The van der Waals surface area contributed by atoms with Crippen LogP contribution in [-0.4, -0.2) is 0 Å². The Labute approximate surface area is 91.1 Å².